The van der Waals surface area contributed by atoms with Crippen LogP contribution >= 0.6 is 16.3 Å². The number of nitriles is 1. The smallest absolute Gasteiger partial charge is 0.166 e. The maximum Gasteiger partial charge on any atom is 0.166 e. The molecule has 13 heavy (non-hydrogen) atoms. The van der Waals surface area contributed by atoms with E-state index in [0.29, 0.717) is 12.8 Å². The van der Waals surface area contributed by atoms with Crippen molar-refractivity contribution in [1.82, 2.24) is 0 Å². The van der Waals surface area contributed by atoms with Gasteiger partial charge in [-0.15, -0.1) is 0 Å². The molecule has 0 aliphatic heterocycles. The van der Waals surface area contributed by atoms with Crippen molar-refractivity contribution >= 4 is 16.3 Å². The van der Waals surface area contributed by atoms with Gasteiger partial charge in [0.05, 0.1) is 6.07 Å². The predicted octanol–water partition coefficient (Wildman–Crippen LogP) is 2.96. The molecule has 5 heteroatoms. The molecule has 0 aromatic carbocycles. The Balaban J connectivity index is 3.81. The zero-order valence-corrected chi connectivity index (χ0v) is 10.4. The summed E-state index contributed by atoms with van der Waals surface area (Å²) in [4.78, 5) is 0. The second kappa shape index (κ2) is 7.65. The van der Waals surface area contributed by atoms with Crippen molar-refractivity contribution in [2.45, 2.75) is 19.1 Å². The summed E-state index contributed by atoms with van der Waals surface area (Å²) in [6.45, 7) is 8.13. The molecule has 0 amide bonds. The molecule has 0 rings (SSSR count). The van der Waals surface area contributed by atoms with Gasteiger partial charge in [-0.05, 0) is 26.7 Å². The van der Waals surface area contributed by atoms with E-state index in [-0.39, 0.29) is 6.29 Å². The Hall–Kier alpha value is 0.270. The van der Waals surface area contributed by atoms with Crippen molar-refractivity contribution in [1.29, 1.82) is 5.26 Å². The molecule has 0 aromatic rings. The summed E-state index contributed by atoms with van der Waals surface area (Å²) in [6, 6.07) is 2.10. The molecule has 0 fully saturated rings. The molecule has 0 radical (unpaired) electrons. The normalized spacial score (nSPS) is 11.2. The lowest BCUT2D eigenvalue weighted by Crippen LogP contribution is -2.11. The second-order valence-electron chi connectivity index (χ2n) is 2.96. The molecular formula is C8H17NO2P2. The summed E-state index contributed by atoms with van der Waals surface area (Å²) < 4.78 is 11.1. The summed E-state index contributed by atoms with van der Waals surface area (Å²) >= 11 is 0. The Kier molecular flexibility index (Phi) is 7.81. The minimum Gasteiger partial charge on any atom is -0.330 e. The van der Waals surface area contributed by atoms with Gasteiger partial charge in [0.25, 0.3) is 0 Å². The summed E-state index contributed by atoms with van der Waals surface area (Å²) in [7, 11) is -0.822. The molecule has 3 nitrogen and oxygen atoms in total. The maximum atomic E-state index is 8.43. The van der Waals surface area contributed by atoms with E-state index < -0.39 is 16.3 Å². The Bertz CT molecular complexity index is 158. The number of hydrogen-bond donors (Lipinski definition) is 0. The number of rotatable bonds is 6. The van der Waals surface area contributed by atoms with E-state index >= 15 is 0 Å². The van der Waals surface area contributed by atoms with E-state index in [1.165, 1.54) is 0 Å². The zero-order chi connectivity index (χ0) is 10.3. The van der Waals surface area contributed by atoms with Crippen LogP contribution in [0.2, 0.25) is 0 Å². The quantitative estimate of drug-likeness (QED) is 0.511. The van der Waals surface area contributed by atoms with E-state index in [0.717, 1.165) is 0 Å². The first-order chi connectivity index (χ1) is 6.06. The molecule has 0 spiro atoms. The molecule has 0 aliphatic carbocycles. The third kappa shape index (κ3) is 8.60. The van der Waals surface area contributed by atoms with E-state index in [1.807, 2.05) is 26.7 Å². The molecule has 0 aromatic heterocycles. The van der Waals surface area contributed by atoms with Gasteiger partial charge in [-0.3, -0.25) is 0 Å². The van der Waals surface area contributed by atoms with Gasteiger partial charge in [0, 0.05) is 29.1 Å². The van der Waals surface area contributed by atoms with Gasteiger partial charge in [0.1, 0.15) is 0 Å². The van der Waals surface area contributed by atoms with E-state index in [4.69, 9.17) is 14.3 Å². The van der Waals surface area contributed by atoms with Gasteiger partial charge in [-0.2, -0.15) is 5.26 Å². The first-order valence-corrected chi connectivity index (χ1v) is 8.42. The van der Waals surface area contributed by atoms with Crippen molar-refractivity contribution in [3.63, 3.8) is 0 Å². The highest BCUT2D eigenvalue weighted by molar-refractivity contribution is 7.51. The molecule has 0 atom stereocenters. The van der Waals surface area contributed by atoms with Crippen LogP contribution in [-0.4, -0.2) is 32.9 Å². The fraction of sp³-hybridized carbons (Fsp3) is 0.875. The van der Waals surface area contributed by atoms with Gasteiger partial charge in [-0.1, -0.05) is 0 Å². The van der Waals surface area contributed by atoms with Crippen molar-refractivity contribution in [2.24, 2.45) is 0 Å². The van der Waals surface area contributed by atoms with Gasteiger partial charge >= 0.3 is 0 Å². The first kappa shape index (κ1) is 13.3. The van der Waals surface area contributed by atoms with Gasteiger partial charge < -0.3 is 9.05 Å². The van der Waals surface area contributed by atoms with Gasteiger partial charge in [0.2, 0.25) is 0 Å². The molecule has 76 valence electrons. The van der Waals surface area contributed by atoms with Crippen molar-refractivity contribution in [3.8, 4) is 6.07 Å². The fourth-order valence-electron chi connectivity index (χ4n) is 0.777. The van der Waals surface area contributed by atoms with Crippen molar-refractivity contribution < 1.29 is 9.05 Å². The highest BCUT2D eigenvalue weighted by Gasteiger charge is 2.12. The van der Waals surface area contributed by atoms with Crippen LogP contribution in [0.5, 0.6) is 0 Å². The van der Waals surface area contributed by atoms with E-state index in [9.17, 15) is 0 Å². The van der Waals surface area contributed by atoms with E-state index in [1.54, 1.807) is 0 Å². The monoisotopic (exact) mass is 221 g/mol. The summed E-state index contributed by atoms with van der Waals surface area (Å²) in [5.41, 5.74) is 0. The van der Waals surface area contributed by atoms with Crippen LogP contribution in [0.3, 0.4) is 0 Å². The van der Waals surface area contributed by atoms with Crippen LogP contribution in [0.25, 0.3) is 0 Å². The maximum absolute atomic E-state index is 8.43. The summed E-state index contributed by atoms with van der Waals surface area (Å²) in [5, 5.41) is 8.43. The van der Waals surface area contributed by atoms with Crippen LogP contribution in [0.15, 0.2) is 0 Å². The molecule has 0 N–H and O–H groups in total. The first-order valence-electron chi connectivity index (χ1n) is 4.11. The third-order valence-corrected chi connectivity index (χ3v) is 2.46. The Labute approximate surface area is 83.1 Å². The lowest BCUT2D eigenvalue weighted by Gasteiger charge is -2.21. The molecule has 0 saturated heterocycles. The zero-order valence-electron chi connectivity index (χ0n) is 8.65. The molecule has 0 saturated carbocycles. The van der Waals surface area contributed by atoms with Crippen LogP contribution in [-0.2, 0) is 9.05 Å². The van der Waals surface area contributed by atoms with Crippen LogP contribution < -0.4 is 0 Å². The third-order valence-electron chi connectivity index (χ3n) is 1.15. The van der Waals surface area contributed by atoms with E-state index in [2.05, 4.69) is 6.07 Å². The van der Waals surface area contributed by atoms with Crippen molar-refractivity contribution in [3.05, 3.63) is 0 Å². The van der Waals surface area contributed by atoms with Crippen LogP contribution in [0, 0.1) is 11.3 Å². The van der Waals surface area contributed by atoms with Crippen molar-refractivity contribution in [2.75, 3.05) is 26.7 Å². The fourth-order valence-corrected chi connectivity index (χ4v) is 2.08. The minimum atomic E-state index is -0.411. The SMILES string of the molecule is CP(C)OC(CCC#N)OP(C)C. The Morgan fingerprint density at radius 2 is 1.62 bits per heavy atom. The summed E-state index contributed by atoms with van der Waals surface area (Å²) in [5.74, 6) is 0. The topological polar surface area (TPSA) is 42.2 Å². The molecule has 0 bridgehead atoms. The molecule has 0 unspecified atom stereocenters. The Morgan fingerprint density at radius 1 is 1.15 bits per heavy atom. The largest absolute Gasteiger partial charge is 0.330 e. The van der Waals surface area contributed by atoms with Gasteiger partial charge in [-0.25, -0.2) is 0 Å². The number of nitrogens with zero attached hydrogens (tertiary/aromatic N) is 1. The lowest BCUT2D eigenvalue weighted by molar-refractivity contribution is 0.0221. The predicted molar refractivity (Wildman–Crippen MR) is 58.3 cm³/mol. The highest BCUT2D eigenvalue weighted by atomic mass is 31.1. The highest BCUT2D eigenvalue weighted by Crippen LogP contribution is 2.36. The van der Waals surface area contributed by atoms with Crippen LogP contribution in [0.1, 0.15) is 12.8 Å². The summed E-state index contributed by atoms with van der Waals surface area (Å²) in [6.07, 6.45) is 0.996. The molecule has 0 heterocycles. The number of hydrogen-bond acceptors (Lipinski definition) is 3. The minimum absolute atomic E-state index is 0.179. The molecular weight excluding hydrogens is 204 g/mol. The van der Waals surface area contributed by atoms with Crippen LogP contribution in [0.4, 0.5) is 0 Å². The average molecular weight is 221 g/mol. The van der Waals surface area contributed by atoms with Gasteiger partial charge in [0.15, 0.2) is 6.29 Å². The lowest BCUT2D eigenvalue weighted by atomic mass is 10.3. The molecule has 0 aliphatic rings. The standard InChI is InChI=1S/C8H17NO2P2/c1-12(2)10-8(6-5-7-9)11-13(3)4/h8H,5-6H2,1-4H3. The average Bonchev–Trinajstić information content (AvgIpc) is 1.98. The second-order valence-corrected chi connectivity index (χ2v) is 6.63. The Morgan fingerprint density at radius 3 is 1.92 bits per heavy atom.